The highest BCUT2D eigenvalue weighted by atomic mass is 19.3. The smallest absolute Gasteiger partial charge is 0.242 e. The Morgan fingerprint density at radius 2 is 2.12 bits per heavy atom. The predicted octanol–water partition coefficient (Wildman–Crippen LogP) is 2.92. The second-order valence-electron chi connectivity index (χ2n) is 6.47. The maximum Gasteiger partial charge on any atom is 0.242 e. The molecule has 2 fully saturated rings. The van der Waals surface area contributed by atoms with E-state index in [1.165, 1.54) is 0 Å². The summed E-state index contributed by atoms with van der Waals surface area (Å²) < 4.78 is 31.5. The lowest BCUT2D eigenvalue weighted by Crippen LogP contribution is -2.44. The highest BCUT2D eigenvalue weighted by Gasteiger charge is 2.51. The molecule has 0 amide bonds. The van der Waals surface area contributed by atoms with Gasteiger partial charge < -0.3 is 4.74 Å². The van der Waals surface area contributed by atoms with E-state index in [9.17, 15) is 8.78 Å². The molecule has 0 bridgehead atoms. The topological polar surface area (TPSA) is 12.5 Å². The zero-order valence-electron chi connectivity index (χ0n) is 11.0. The number of nitrogens with zero attached hydrogens (tertiary/aromatic N) is 1. The molecule has 2 aliphatic heterocycles. The van der Waals surface area contributed by atoms with Crippen LogP contribution in [0.3, 0.4) is 0 Å². The number of halogens is 2. The molecule has 0 aromatic rings. The van der Waals surface area contributed by atoms with E-state index in [0.29, 0.717) is 19.6 Å². The van der Waals surface area contributed by atoms with E-state index in [1.54, 1.807) is 0 Å². The minimum atomic E-state index is -2.19. The average Bonchev–Trinajstić information content (AvgIpc) is 2.69. The first-order valence-electron chi connectivity index (χ1n) is 6.50. The van der Waals surface area contributed by atoms with Gasteiger partial charge in [-0.15, -0.1) is 0 Å². The first-order chi connectivity index (χ1) is 7.82. The first kappa shape index (κ1) is 13.2. The van der Waals surface area contributed by atoms with Crippen molar-refractivity contribution < 1.29 is 13.5 Å². The number of rotatable bonds is 3. The molecule has 2 atom stereocenters. The van der Waals surface area contributed by atoms with Crippen LogP contribution >= 0.6 is 0 Å². The van der Waals surface area contributed by atoms with Crippen LogP contribution in [-0.2, 0) is 4.74 Å². The van der Waals surface area contributed by atoms with Gasteiger partial charge in [-0.25, -0.2) is 8.78 Å². The minimum absolute atomic E-state index is 0.103. The summed E-state index contributed by atoms with van der Waals surface area (Å²) in [5.74, 6) is -0.459. The Hall–Kier alpha value is -0.220. The van der Waals surface area contributed by atoms with Crippen molar-refractivity contribution in [1.82, 2.24) is 4.90 Å². The van der Waals surface area contributed by atoms with Crippen LogP contribution in [0.1, 0.15) is 40.0 Å². The van der Waals surface area contributed by atoms with Crippen molar-refractivity contribution in [2.75, 3.05) is 19.7 Å². The van der Waals surface area contributed by atoms with Crippen molar-refractivity contribution in [1.29, 1.82) is 0 Å². The summed E-state index contributed by atoms with van der Waals surface area (Å²) in [6.07, 6.45) is 0.531. The zero-order chi connectivity index (χ0) is 12.7. The monoisotopic (exact) mass is 247 g/mol. The normalized spacial score (nSPS) is 34.6. The fourth-order valence-corrected chi connectivity index (χ4v) is 3.09. The zero-order valence-corrected chi connectivity index (χ0v) is 11.0. The lowest BCUT2D eigenvalue weighted by Gasteiger charge is -2.34. The van der Waals surface area contributed by atoms with Crippen molar-refractivity contribution >= 4 is 0 Å². The van der Waals surface area contributed by atoms with E-state index in [1.807, 2.05) is 20.8 Å². The molecule has 0 spiro atoms. The standard InChI is InChI=1S/C13H23F2NO/c1-12(2,3)17-9-13-5-4-6-16(13)8-10(7-13)11(14)15/h10-11H,4-9H2,1-3H3. The molecule has 100 valence electrons. The molecular weight excluding hydrogens is 224 g/mol. The van der Waals surface area contributed by atoms with Crippen molar-refractivity contribution in [3.05, 3.63) is 0 Å². The number of fused-ring (bicyclic) bond motifs is 1. The van der Waals surface area contributed by atoms with Crippen LogP contribution in [0.15, 0.2) is 0 Å². The largest absolute Gasteiger partial charge is 0.374 e. The second kappa shape index (κ2) is 4.47. The fraction of sp³-hybridized carbons (Fsp3) is 1.00. The molecule has 2 rings (SSSR count). The Kier molecular flexibility index (Phi) is 3.47. The molecule has 2 saturated heterocycles. The number of hydrogen-bond donors (Lipinski definition) is 0. The third-order valence-corrected chi connectivity index (χ3v) is 3.97. The molecule has 2 heterocycles. The van der Waals surface area contributed by atoms with Crippen LogP contribution < -0.4 is 0 Å². The van der Waals surface area contributed by atoms with Gasteiger partial charge in [-0.2, -0.15) is 0 Å². The quantitative estimate of drug-likeness (QED) is 0.760. The summed E-state index contributed by atoms with van der Waals surface area (Å²) in [7, 11) is 0. The Labute approximate surface area is 102 Å². The summed E-state index contributed by atoms with van der Waals surface area (Å²) in [6, 6.07) is 0. The fourth-order valence-electron chi connectivity index (χ4n) is 3.09. The molecule has 0 aliphatic carbocycles. The van der Waals surface area contributed by atoms with E-state index in [2.05, 4.69) is 4.90 Å². The lowest BCUT2D eigenvalue weighted by atomic mass is 9.90. The molecule has 4 heteroatoms. The van der Waals surface area contributed by atoms with Crippen LogP contribution in [0, 0.1) is 5.92 Å². The molecule has 2 aliphatic rings. The summed E-state index contributed by atoms with van der Waals surface area (Å²) in [6.45, 7) is 8.15. The van der Waals surface area contributed by atoms with Crippen molar-refractivity contribution in [3.63, 3.8) is 0 Å². The van der Waals surface area contributed by atoms with E-state index in [4.69, 9.17) is 4.74 Å². The molecule has 2 unspecified atom stereocenters. The maximum atomic E-state index is 12.8. The van der Waals surface area contributed by atoms with Gasteiger partial charge in [-0.05, 0) is 46.6 Å². The average molecular weight is 247 g/mol. The Bertz CT molecular complexity index is 277. The van der Waals surface area contributed by atoms with Crippen LogP contribution in [0.5, 0.6) is 0 Å². The van der Waals surface area contributed by atoms with Crippen LogP contribution in [0.4, 0.5) is 8.78 Å². The van der Waals surface area contributed by atoms with Crippen LogP contribution in [0.2, 0.25) is 0 Å². The summed E-state index contributed by atoms with van der Waals surface area (Å²) in [5.41, 5.74) is -0.291. The van der Waals surface area contributed by atoms with Crippen molar-refractivity contribution in [2.45, 2.75) is 57.6 Å². The molecule has 0 radical (unpaired) electrons. The van der Waals surface area contributed by atoms with E-state index in [0.717, 1.165) is 19.4 Å². The van der Waals surface area contributed by atoms with Gasteiger partial charge in [0.05, 0.1) is 12.2 Å². The van der Waals surface area contributed by atoms with E-state index < -0.39 is 12.3 Å². The van der Waals surface area contributed by atoms with Crippen LogP contribution in [-0.4, -0.2) is 42.2 Å². The molecular formula is C13H23F2NO. The van der Waals surface area contributed by atoms with Crippen LogP contribution in [0.25, 0.3) is 0 Å². The van der Waals surface area contributed by atoms with Gasteiger partial charge in [-0.3, -0.25) is 4.90 Å². The summed E-state index contributed by atoms with van der Waals surface area (Å²) >= 11 is 0. The van der Waals surface area contributed by atoms with Crippen molar-refractivity contribution in [2.24, 2.45) is 5.92 Å². The van der Waals surface area contributed by atoms with Gasteiger partial charge >= 0.3 is 0 Å². The summed E-state index contributed by atoms with van der Waals surface area (Å²) in [4.78, 5) is 2.23. The number of hydrogen-bond acceptors (Lipinski definition) is 2. The summed E-state index contributed by atoms with van der Waals surface area (Å²) in [5, 5.41) is 0. The molecule has 0 saturated carbocycles. The molecule has 0 aromatic carbocycles. The van der Waals surface area contributed by atoms with E-state index in [-0.39, 0.29) is 11.1 Å². The minimum Gasteiger partial charge on any atom is -0.374 e. The first-order valence-corrected chi connectivity index (χ1v) is 6.50. The third-order valence-electron chi connectivity index (χ3n) is 3.97. The van der Waals surface area contributed by atoms with Gasteiger partial charge in [0.25, 0.3) is 0 Å². The lowest BCUT2D eigenvalue weighted by molar-refractivity contribution is -0.0529. The number of alkyl halides is 2. The van der Waals surface area contributed by atoms with Gasteiger partial charge in [0.15, 0.2) is 0 Å². The molecule has 0 N–H and O–H groups in total. The predicted molar refractivity (Wildman–Crippen MR) is 63.4 cm³/mol. The Morgan fingerprint density at radius 3 is 2.71 bits per heavy atom. The van der Waals surface area contributed by atoms with Gasteiger partial charge in [0.1, 0.15) is 0 Å². The molecule has 2 nitrogen and oxygen atoms in total. The second-order valence-corrected chi connectivity index (χ2v) is 6.47. The maximum absolute atomic E-state index is 12.8. The SMILES string of the molecule is CC(C)(C)OCC12CCCN1CC(C(F)F)C2. The van der Waals surface area contributed by atoms with Crippen molar-refractivity contribution in [3.8, 4) is 0 Å². The Morgan fingerprint density at radius 1 is 1.41 bits per heavy atom. The van der Waals surface area contributed by atoms with Gasteiger partial charge in [0, 0.05) is 18.0 Å². The molecule has 0 aromatic heterocycles. The number of ether oxygens (including phenoxy) is 1. The third kappa shape index (κ3) is 2.79. The van der Waals surface area contributed by atoms with Gasteiger partial charge in [0.2, 0.25) is 6.43 Å². The Balaban J connectivity index is 2.01. The van der Waals surface area contributed by atoms with Gasteiger partial charge in [-0.1, -0.05) is 0 Å². The molecule has 17 heavy (non-hydrogen) atoms. The highest BCUT2D eigenvalue weighted by Crippen LogP contribution is 2.44. The van der Waals surface area contributed by atoms with E-state index >= 15 is 0 Å². The highest BCUT2D eigenvalue weighted by molar-refractivity contribution is 5.04.